The highest BCUT2D eigenvalue weighted by atomic mass is 79.9. The molecule has 3 amide bonds. The van der Waals surface area contributed by atoms with Gasteiger partial charge >= 0.3 is 0 Å². The number of amides is 3. The maximum Gasteiger partial charge on any atom is 0.248 e. The minimum atomic E-state index is -0.702. The number of likely N-dealkylation sites (tertiary alicyclic amines) is 1. The number of nitrogens with one attached hydrogen (secondary N) is 1. The highest BCUT2D eigenvalue weighted by Gasteiger charge is 2.67. The number of ketones is 1. The number of hydrogen-bond donors (Lipinski definition) is 1. The third-order valence-corrected chi connectivity index (χ3v) is 10.6. The maximum atomic E-state index is 14.3. The molecule has 1 saturated carbocycles. The summed E-state index contributed by atoms with van der Waals surface area (Å²) in [6.07, 6.45) is 4.79. The summed E-state index contributed by atoms with van der Waals surface area (Å²) >= 11 is 3.39. The highest BCUT2D eigenvalue weighted by Crippen LogP contribution is 2.60. The third kappa shape index (κ3) is 6.34. The van der Waals surface area contributed by atoms with E-state index in [0.29, 0.717) is 46.7 Å². The molecule has 254 valence electrons. The van der Waals surface area contributed by atoms with Gasteiger partial charge in [-0.15, -0.1) is 0 Å². The van der Waals surface area contributed by atoms with Gasteiger partial charge in [0.05, 0.1) is 5.52 Å². The molecular formula is C35H38BrN9O4. The van der Waals surface area contributed by atoms with Gasteiger partial charge in [-0.05, 0) is 71.9 Å². The standard InChI is InChI=1S/C35H38BrN9O4/c1-20-5-8-30(36)39-33(20)40-34(49)28-14-35(19-42-9-11-43(12-10-42)23(4)47)15-29(35)45(28)31(48)18-44-27-7-6-24(25-16-37-22(3)38-17-25)13-26(27)32(41-44)21(2)46/h5-8,13,16-17,28-29H,9-12,14-15,18-19H2,1-4H3,(H,39,40,49)/t28-,29+,35-/m0/s1. The van der Waals surface area contributed by atoms with Crippen molar-refractivity contribution in [1.29, 1.82) is 0 Å². The number of aryl methyl sites for hydroxylation is 2. The summed E-state index contributed by atoms with van der Waals surface area (Å²) in [5, 5.41) is 8.23. The molecule has 3 atom stereocenters. The first-order chi connectivity index (χ1) is 23.4. The largest absolute Gasteiger partial charge is 0.340 e. The van der Waals surface area contributed by atoms with Crippen LogP contribution in [0.15, 0.2) is 47.3 Å². The number of rotatable bonds is 8. The number of pyridine rings is 1. The monoisotopic (exact) mass is 727 g/mol. The van der Waals surface area contributed by atoms with E-state index in [1.807, 2.05) is 49.1 Å². The molecule has 5 heterocycles. The van der Waals surface area contributed by atoms with Crippen molar-refractivity contribution in [2.75, 3.05) is 38.0 Å². The minimum absolute atomic E-state index is 0.0763. The summed E-state index contributed by atoms with van der Waals surface area (Å²) in [4.78, 5) is 71.9. The molecule has 4 aromatic rings. The Hall–Kier alpha value is -4.56. The van der Waals surface area contributed by atoms with Gasteiger partial charge in [0.15, 0.2) is 5.78 Å². The lowest BCUT2D eigenvalue weighted by Gasteiger charge is -2.36. The lowest BCUT2D eigenvalue weighted by Crippen LogP contribution is -2.49. The van der Waals surface area contributed by atoms with Gasteiger partial charge in [0.2, 0.25) is 17.7 Å². The number of carbonyl (C=O) groups excluding carboxylic acids is 4. The van der Waals surface area contributed by atoms with Gasteiger partial charge in [-0.1, -0.05) is 12.1 Å². The van der Waals surface area contributed by atoms with Crippen molar-refractivity contribution in [3.05, 3.63) is 64.4 Å². The van der Waals surface area contributed by atoms with Gasteiger partial charge in [0.25, 0.3) is 0 Å². The molecule has 0 bridgehead atoms. The van der Waals surface area contributed by atoms with Crippen molar-refractivity contribution in [2.45, 2.75) is 59.2 Å². The second kappa shape index (κ2) is 12.7. The number of fused-ring (bicyclic) bond motifs is 2. The van der Waals surface area contributed by atoms with E-state index in [2.05, 4.69) is 46.2 Å². The zero-order valence-electron chi connectivity index (χ0n) is 27.9. The van der Waals surface area contributed by atoms with Crippen LogP contribution in [0.25, 0.3) is 22.0 Å². The number of piperidine rings is 1. The second-order valence-corrected chi connectivity index (χ2v) is 14.3. The van der Waals surface area contributed by atoms with Crippen LogP contribution in [0.1, 0.15) is 48.6 Å². The fourth-order valence-corrected chi connectivity index (χ4v) is 7.74. The van der Waals surface area contributed by atoms with E-state index in [1.165, 1.54) is 6.92 Å². The Bertz CT molecular complexity index is 1990. The molecule has 2 aliphatic heterocycles. The Morgan fingerprint density at radius 3 is 2.39 bits per heavy atom. The number of aromatic nitrogens is 5. The predicted octanol–water partition coefficient (Wildman–Crippen LogP) is 3.63. The van der Waals surface area contributed by atoms with E-state index in [4.69, 9.17) is 0 Å². The summed E-state index contributed by atoms with van der Waals surface area (Å²) < 4.78 is 2.17. The molecule has 0 unspecified atom stereocenters. The van der Waals surface area contributed by atoms with E-state index < -0.39 is 6.04 Å². The Morgan fingerprint density at radius 2 is 1.69 bits per heavy atom. The van der Waals surface area contributed by atoms with Gasteiger partial charge in [0.1, 0.15) is 34.5 Å². The van der Waals surface area contributed by atoms with E-state index in [9.17, 15) is 19.2 Å². The van der Waals surface area contributed by atoms with Crippen molar-refractivity contribution in [3.8, 4) is 11.1 Å². The average Bonchev–Trinajstić information content (AvgIpc) is 3.47. The summed E-state index contributed by atoms with van der Waals surface area (Å²) in [5.41, 5.74) is 3.15. The molecule has 3 aromatic heterocycles. The molecule has 13 nitrogen and oxygen atoms in total. The first-order valence-electron chi connectivity index (χ1n) is 16.5. The number of anilines is 1. The van der Waals surface area contributed by atoms with Gasteiger partial charge in [-0.2, -0.15) is 5.10 Å². The van der Waals surface area contributed by atoms with Crippen LogP contribution >= 0.6 is 15.9 Å². The second-order valence-electron chi connectivity index (χ2n) is 13.5. The smallest absolute Gasteiger partial charge is 0.248 e. The number of benzene rings is 1. The van der Waals surface area contributed by atoms with Crippen LogP contribution in [0.2, 0.25) is 0 Å². The van der Waals surface area contributed by atoms with E-state index in [0.717, 1.165) is 42.7 Å². The van der Waals surface area contributed by atoms with Crippen molar-refractivity contribution in [2.24, 2.45) is 5.41 Å². The Balaban J connectivity index is 1.17. The quantitative estimate of drug-likeness (QED) is 0.212. The topological polar surface area (TPSA) is 147 Å². The molecule has 1 aliphatic carbocycles. The van der Waals surface area contributed by atoms with Gasteiger partial charge in [-0.25, -0.2) is 15.0 Å². The number of hydrogen-bond acceptors (Lipinski definition) is 9. The van der Waals surface area contributed by atoms with Crippen LogP contribution < -0.4 is 5.32 Å². The summed E-state index contributed by atoms with van der Waals surface area (Å²) in [5.74, 6) is 0.450. The van der Waals surface area contributed by atoms with Crippen LogP contribution in [0.3, 0.4) is 0 Å². The molecule has 0 radical (unpaired) electrons. The Labute approximate surface area is 292 Å². The van der Waals surface area contributed by atoms with E-state index in [1.54, 1.807) is 28.9 Å². The van der Waals surface area contributed by atoms with Gasteiger partial charge < -0.3 is 15.1 Å². The number of carbonyl (C=O) groups is 4. The van der Waals surface area contributed by atoms with Crippen LogP contribution in [-0.2, 0) is 20.9 Å². The number of nitrogens with zero attached hydrogens (tertiary/aromatic N) is 8. The normalized spacial score (nSPS) is 21.9. The lowest BCUT2D eigenvalue weighted by atomic mass is 9.97. The van der Waals surface area contributed by atoms with Crippen LogP contribution in [-0.4, -0.2) is 108 Å². The first kappa shape index (κ1) is 33.0. The molecule has 0 spiro atoms. The molecule has 1 N–H and O–H groups in total. The number of halogens is 1. The van der Waals surface area contributed by atoms with Crippen molar-refractivity contribution in [1.82, 2.24) is 39.4 Å². The molecular weight excluding hydrogens is 690 g/mol. The predicted molar refractivity (Wildman–Crippen MR) is 186 cm³/mol. The zero-order chi connectivity index (χ0) is 34.6. The summed E-state index contributed by atoms with van der Waals surface area (Å²) in [7, 11) is 0. The zero-order valence-corrected chi connectivity index (χ0v) is 29.5. The fraction of sp³-hybridized carbons (Fsp3) is 0.429. The average molecular weight is 729 g/mol. The lowest BCUT2D eigenvalue weighted by molar-refractivity contribution is -0.138. The third-order valence-electron chi connectivity index (χ3n) is 10.2. The number of Topliss-reactive ketones (excluding diaryl/α,β-unsaturated/α-hetero) is 1. The summed E-state index contributed by atoms with van der Waals surface area (Å²) in [6.45, 7) is 10.2. The molecule has 1 aromatic carbocycles. The maximum absolute atomic E-state index is 14.3. The van der Waals surface area contributed by atoms with E-state index in [-0.39, 0.29) is 47.2 Å². The molecule has 49 heavy (non-hydrogen) atoms. The van der Waals surface area contributed by atoms with Crippen molar-refractivity contribution >= 4 is 56.2 Å². The van der Waals surface area contributed by atoms with Gasteiger partial charge in [-0.3, -0.25) is 28.8 Å². The Morgan fingerprint density at radius 1 is 0.959 bits per heavy atom. The van der Waals surface area contributed by atoms with E-state index >= 15 is 0 Å². The number of piperazine rings is 1. The summed E-state index contributed by atoms with van der Waals surface area (Å²) in [6, 6.07) is 8.51. The van der Waals surface area contributed by atoms with Crippen LogP contribution in [0.4, 0.5) is 5.82 Å². The molecule has 3 fully saturated rings. The van der Waals surface area contributed by atoms with Gasteiger partial charge in [0, 0.05) is 81.4 Å². The minimum Gasteiger partial charge on any atom is -0.340 e. The Kier molecular flexibility index (Phi) is 8.55. The van der Waals surface area contributed by atoms with Crippen LogP contribution in [0, 0.1) is 19.3 Å². The highest BCUT2D eigenvalue weighted by molar-refractivity contribution is 9.10. The molecule has 14 heteroatoms. The molecule has 3 aliphatic rings. The fourth-order valence-electron chi connectivity index (χ4n) is 7.43. The van der Waals surface area contributed by atoms with Crippen molar-refractivity contribution < 1.29 is 19.2 Å². The molecule has 7 rings (SSSR count). The molecule has 2 saturated heterocycles. The first-order valence-corrected chi connectivity index (χ1v) is 17.3. The van der Waals surface area contributed by atoms with Crippen molar-refractivity contribution in [3.63, 3.8) is 0 Å². The SMILES string of the molecule is CC(=O)c1nn(CC(=O)N2[C@H](C(=O)Nc3nc(Br)ccc3C)C[C@@]3(CN4CCN(C(C)=O)CC4)C[C@@H]23)c2ccc(-c3cnc(C)nc3)cc12. The van der Waals surface area contributed by atoms with Crippen LogP contribution in [0.5, 0.6) is 0 Å².